The van der Waals surface area contributed by atoms with Crippen molar-refractivity contribution < 1.29 is 4.79 Å². The average molecular weight is 468 g/mol. The van der Waals surface area contributed by atoms with E-state index in [0.29, 0.717) is 24.4 Å². The molecule has 4 aromatic rings. The minimum atomic E-state index is 0.0961. The second kappa shape index (κ2) is 10.1. The quantitative estimate of drug-likeness (QED) is 0.417. The van der Waals surface area contributed by atoms with Crippen LogP contribution < -0.4 is 0 Å². The number of hydrogen-bond acceptors (Lipinski definition) is 5. The van der Waals surface area contributed by atoms with Crippen molar-refractivity contribution in [3.63, 3.8) is 0 Å². The summed E-state index contributed by atoms with van der Waals surface area (Å²) in [5, 5.41) is 9.82. The van der Waals surface area contributed by atoms with Crippen LogP contribution in [0.25, 0.3) is 11.0 Å². The van der Waals surface area contributed by atoms with E-state index in [-0.39, 0.29) is 5.91 Å². The van der Waals surface area contributed by atoms with Gasteiger partial charge >= 0.3 is 0 Å². The van der Waals surface area contributed by atoms with Crippen LogP contribution in [0.1, 0.15) is 27.0 Å². The van der Waals surface area contributed by atoms with E-state index < -0.39 is 0 Å². The smallest absolute Gasteiger partial charge is 0.254 e. The summed E-state index contributed by atoms with van der Waals surface area (Å²) in [5.74, 6) is 0.777. The van der Waals surface area contributed by atoms with E-state index in [9.17, 15) is 4.79 Å². The van der Waals surface area contributed by atoms with Gasteiger partial charge in [-0.25, -0.2) is 4.98 Å². The summed E-state index contributed by atoms with van der Waals surface area (Å²) in [5.41, 5.74) is 5.63. The van der Waals surface area contributed by atoms with E-state index in [2.05, 4.69) is 20.9 Å². The molecule has 1 amide bonds. The summed E-state index contributed by atoms with van der Waals surface area (Å²) in [7, 11) is 0. The highest BCUT2D eigenvalue weighted by Gasteiger charge is 2.24. The van der Waals surface area contributed by atoms with E-state index in [1.807, 2.05) is 77.7 Å². The van der Waals surface area contributed by atoms with E-state index in [1.165, 1.54) is 5.56 Å². The van der Waals surface area contributed by atoms with Crippen LogP contribution in [0, 0.1) is 11.3 Å². The number of fused-ring (bicyclic) bond motifs is 1. The second-order valence-corrected chi connectivity index (χ2v) is 9.35. The number of aromatic nitrogens is 2. The van der Waals surface area contributed by atoms with Crippen molar-refractivity contribution in [1.82, 2.24) is 19.8 Å². The van der Waals surface area contributed by atoms with Gasteiger partial charge in [0.2, 0.25) is 0 Å². The summed E-state index contributed by atoms with van der Waals surface area (Å²) in [6.45, 7) is 3.92. The highest BCUT2D eigenvalue weighted by molar-refractivity contribution is 7.98. The third-order valence-electron chi connectivity index (χ3n) is 6.13. The van der Waals surface area contributed by atoms with Gasteiger partial charge in [-0.1, -0.05) is 54.2 Å². The molecule has 34 heavy (non-hydrogen) atoms. The van der Waals surface area contributed by atoms with Crippen LogP contribution in [0.3, 0.4) is 0 Å². The fourth-order valence-electron chi connectivity index (χ4n) is 4.22. The fraction of sp³-hybridized carbons (Fsp3) is 0.222. The lowest BCUT2D eigenvalue weighted by molar-refractivity contribution is 0.0627. The number of nitrogens with one attached hydrogen (secondary N) is 1. The van der Waals surface area contributed by atoms with Crippen molar-refractivity contribution >= 4 is 28.7 Å². The number of nitriles is 1. The van der Waals surface area contributed by atoms with Crippen LogP contribution in [0.15, 0.2) is 78.0 Å². The van der Waals surface area contributed by atoms with Crippen molar-refractivity contribution in [2.24, 2.45) is 0 Å². The molecule has 1 aliphatic heterocycles. The molecule has 1 N–H and O–H groups in total. The Hall–Kier alpha value is -3.60. The maximum Gasteiger partial charge on any atom is 0.254 e. The zero-order chi connectivity index (χ0) is 23.3. The Morgan fingerprint density at radius 2 is 1.71 bits per heavy atom. The van der Waals surface area contributed by atoms with Crippen LogP contribution in [0.4, 0.5) is 0 Å². The number of carbonyl (C=O) groups is 1. The summed E-state index contributed by atoms with van der Waals surface area (Å²) in [4.78, 5) is 25.6. The summed E-state index contributed by atoms with van der Waals surface area (Å²) >= 11 is 1.62. The first-order valence-corrected chi connectivity index (χ1v) is 12.3. The predicted octanol–water partition coefficient (Wildman–Crippen LogP) is 4.68. The predicted molar refractivity (Wildman–Crippen MR) is 134 cm³/mol. The topological polar surface area (TPSA) is 76.0 Å². The first-order chi connectivity index (χ1) is 16.7. The van der Waals surface area contributed by atoms with Gasteiger partial charge in [-0.3, -0.25) is 9.69 Å². The molecule has 0 bridgehead atoms. The molecule has 0 aliphatic carbocycles. The molecular weight excluding hydrogens is 442 g/mol. The van der Waals surface area contributed by atoms with Gasteiger partial charge in [0, 0.05) is 44.0 Å². The van der Waals surface area contributed by atoms with Gasteiger partial charge in [-0.05, 0) is 41.5 Å². The molecule has 7 heteroatoms. The maximum absolute atomic E-state index is 13.4. The number of hydrogen-bond donors (Lipinski definition) is 1. The highest BCUT2D eigenvalue weighted by Crippen LogP contribution is 2.25. The molecule has 1 fully saturated rings. The molecule has 1 saturated heterocycles. The van der Waals surface area contributed by atoms with Crippen LogP contribution in [0.2, 0.25) is 0 Å². The Bertz CT molecular complexity index is 1300. The number of carbonyl (C=O) groups excluding carboxylic acids is 1. The van der Waals surface area contributed by atoms with E-state index in [0.717, 1.165) is 47.0 Å². The largest absolute Gasteiger partial charge is 0.336 e. The van der Waals surface area contributed by atoms with Crippen LogP contribution in [0.5, 0.6) is 0 Å². The molecule has 6 nitrogen and oxygen atoms in total. The monoisotopic (exact) mass is 467 g/mol. The van der Waals surface area contributed by atoms with Gasteiger partial charge in [-0.15, -0.1) is 0 Å². The highest BCUT2D eigenvalue weighted by atomic mass is 32.2. The zero-order valence-electron chi connectivity index (χ0n) is 18.8. The molecular formula is C27H25N5OS. The van der Waals surface area contributed by atoms with E-state index >= 15 is 0 Å². The Morgan fingerprint density at radius 1 is 0.971 bits per heavy atom. The van der Waals surface area contributed by atoms with Gasteiger partial charge in [-0.2, -0.15) is 5.26 Å². The molecule has 0 radical (unpaired) electrons. The normalized spacial score (nSPS) is 14.3. The standard InChI is InChI=1S/C27H25N5OS/c28-17-20-9-11-21(12-10-20)18-31-13-15-32(16-14-31)26(33)23-6-2-1-5-22(23)19-34-27-29-24-7-3-4-8-25(24)30-27/h1-12H,13-16,18-19H2,(H,29,30). The molecule has 0 spiro atoms. The lowest BCUT2D eigenvalue weighted by atomic mass is 10.1. The Kier molecular flexibility index (Phi) is 6.61. The summed E-state index contributed by atoms with van der Waals surface area (Å²) < 4.78 is 0. The fourth-order valence-corrected chi connectivity index (χ4v) is 5.11. The number of rotatable bonds is 6. The Morgan fingerprint density at radius 3 is 2.47 bits per heavy atom. The number of thioether (sulfide) groups is 1. The van der Waals surface area contributed by atoms with Gasteiger partial charge in [0.05, 0.1) is 22.7 Å². The average Bonchev–Trinajstić information content (AvgIpc) is 3.31. The number of amides is 1. The third kappa shape index (κ3) is 4.98. The van der Waals surface area contributed by atoms with Crippen molar-refractivity contribution in [2.75, 3.05) is 26.2 Å². The number of H-pyrrole nitrogens is 1. The van der Waals surface area contributed by atoms with Gasteiger partial charge in [0.1, 0.15) is 0 Å². The van der Waals surface area contributed by atoms with Crippen molar-refractivity contribution in [3.05, 3.63) is 95.1 Å². The summed E-state index contributed by atoms with van der Waals surface area (Å²) in [6, 6.07) is 25.8. The number of imidazole rings is 1. The number of piperazine rings is 1. The number of aromatic amines is 1. The van der Waals surface area contributed by atoms with Gasteiger partial charge in [0.15, 0.2) is 5.16 Å². The SMILES string of the molecule is N#Cc1ccc(CN2CCN(C(=O)c3ccccc3CSc3nc4ccccc4[nH]3)CC2)cc1. The number of benzene rings is 3. The van der Waals surface area contributed by atoms with Crippen molar-refractivity contribution in [3.8, 4) is 6.07 Å². The minimum absolute atomic E-state index is 0.0961. The molecule has 3 aromatic carbocycles. The summed E-state index contributed by atoms with van der Waals surface area (Å²) in [6.07, 6.45) is 0. The zero-order valence-corrected chi connectivity index (χ0v) is 19.6. The first-order valence-electron chi connectivity index (χ1n) is 11.4. The Labute approximate surface area is 203 Å². The molecule has 2 heterocycles. The molecule has 1 aliphatic rings. The lowest BCUT2D eigenvalue weighted by Gasteiger charge is -2.35. The minimum Gasteiger partial charge on any atom is -0.336 e. The molecule has 0 atom stereocenters. The Balaban J connectivity index is 1.20. The first kappa shape index (κ1) is 22.2. The molecule has 0 saturated carbocycles. The van der Waals surface area contributed by atoms with E-state index in [1.54, 1.807) is 11.8 Å². The third-order valence-corrected chi connectivity index (χ3v) is 7.05. The second-order valence-electron chi connectivity index (χ2n) is 8.38. The van der Waals surface area contributed by atoms with Crippen molar-refractivity contribution in [2.45, 2.75) is 17.5 Å². The van der Waals surface area contributed by atoms with Crippen LogP contribution in [-0.4, -0.2) is 51.9 Å². The molecule has 0 unspecified atom stereocenters. The number of para-hydroxylation sites is 2. The van der Waals surface area contributed by atoms with Crippen LogP contribution >= 0.6 is 11.8 Å². The van der Waals surface area contributed by atoms with Gasteiger partial charge < -0.3 is 9.88 Å². The lowest BCUT2D eigenvalue weighted by Crippen LogP contribution is -2.48. The number of nitrogens with zero attached hydrogens (tertiary/aromatic N) is 4. The molecule has 170 valence electrons. The van der Waals surface area contributed by atoms with Crippen LogP contribution in [-0.2, 0) is 12.3 Å². The van der Waals surface area contributed by atoms with Gasteiger partial charge in [0.25, 0.3) is 5.91 Å². The van der Waals surface area contributed by atoms with Crippen molar-refractivity contribution in [1.29, 1.82) is 5.26 Å². The maximum atomic E-state index is 13.4. The molecule has 5 rings (SSSR count). The molecule has 1 aromatic heterocycles. The van der Waals surface area contributed by atoms with E-state index in [4.69, 9.17) is 5.26 Å².